The van der Waals surface area contributed by atoms with Crippen molar-refractivity contribution in [1.82, 2.24) is 15.6 Å². The molecule has 0 aromatic carbocycles. The van der Waals surface area contributed by atoms with Crippen molar-refractivity contribution >= 4 is 46.4 Å². The van der Waals surface area contributed by atoms with Crippen LogP contribution in [0.15, 0.2) is 24.4 Å². The van der Waals surface area contributed by atoms with Crippen LogP contribution in [0.1, 0.15) is 84.5 Å². The predicted octanol–water partition coefficient (Wildman–Crippen LogP) is 4.04. The van der Waals surface area contributed by atoms with E-state index in [1.54, 1.807) is 12.3 Å². The molecule has 12 heteroatoms. The second kappa shape index (κ2) is 15.7. The van der Waals surface area contributed by atoms with Gasteiger partial charge in [-0.15, -0.1) is 11.3 Å². The number of ether oxygens (including phenoxy) is 1. The molecular formula is C30H43ClN6O4S. The standard InChI is InChI=1S/C30H43ClN6O4S/c1-18-25(13-20(31)16-34-18)35-17-23-9-10-27(42-23)29(39)37-26(12-19-6-2-3-7-19)28(38)36-21-14-22(15-21)41-30(40)24(33)8-4-5-11-32/h9-10,13,16,19,21-22,24,26,35H,2-8,11-12,14-15,17,32-33H2,1H3,(H,36,38)(H,37,39)/t21?,22?,24-,26-/m0/s1. The van der Waals surface area contributed by atoms with Gasteiger partial charge in [-0.1, -0.05) is 43.7 Å². The number of carbonyl (C=O) groups excluding carboxylic acids is 3. The maximum atomic E-state index is 13.3. The number of amides is 2. The van der Waals surface area contributed by atoms with E-state index >= 15 is 0 Å². The molecule has 2 atom stereocenters. The molecule has 2 aromatic heterocycles. The monoisotopic (exact) mass is 618 g/mol. The van der Waals surface area contributed by atoms with Crippen LogP contribution < -0.4 is 27.4 Å². The summed E-state index contributed by atoms with van der Waals surface area (Å²) < 4.78 is 5.51. The summed E-state index contributed by atoms with van der Waals surface area (Å²) in [7, 11) is 0. The fourth-order valence-corrected chi connectivity index (χ4v) is 6.47. The Balaban J connectivity index is 1.27. The fraction of sp³-hybridized carbons (Fsp3) is 0.600. The minimum Gasteiger partial charge on any atom is -0.461 e. The van der Waals surface area contributed by atoms with Crippen molar-refractivity contribution in [3.8, 4) is 0 Å². The molecule has 7 N–H and O–H groups in total. The number of aryl methyl sites for hydroxylation is 1. The number of rotatable bonds is 15. The average Bonchev–Trinajstić information content (AvgIpc) is 3.64. The first-order chi connectivity index (χ1) is 20.2. The summed E-state index contributed by atoms with van der Waals surface area (Å²) in [5.74, 6) is -0.437. The summed E-state index contributed by atoms with van der Waals surface area (Å²) >= 11 is 7.45. The molecule has 42 heavy (non-hydrogen) atoms. The lowest BCUT2D eigenvalue weighted by Gasteiger charge is -2.36. The number of carbonyl (C=O) groups is 3. The number of hydrogen-bond donors (Lipinski definition) is 5. The molecule has 0 aliphatic heterocycles. The Bertz CT molecular complexity index is 1210. The molecule has 230 valence electrons. The van der Waals surface area contributed by atoms with Crippen molar-refractivity contribution in [1.29, 1.82) is 0 Å². The Morgan fingerprint density at radius 2 is 1.95 bits per heavy atom. The van der Waals surface area contributed by atoms with Crippen molar-refractivity contribution in [2.24, 2.45) is 17.4 Å². The third kappa shape index (κ3) is 9.39. The highest BCUT2D eigenvalue weighted by atomic mass is 35.5. The van der Waals surface area contributed by atoms with E-state index in [1.807, 2.05) is 19.1 Å². The van der Waals surface area contributed by atoms with Crippen molar-refractivity contribution in [3.63, 3.8) is 0 Å². The van der Waals surface area contributed by atoms with E-state index in [9.17, 15) is 14.4 Å². The largest absolute Gasteiger partial charge is 0.461 e. The van der Waals surface area contributed by atoms with Crippen LogP contribution in [0.5, 0.6) is 0 Å². The summed E-state index contributed by atoms with van der Waals surface area (Å²) in [6.07, 6.45) is 9.65. The zero-order valence-corrected chi connectivity index (χ0v) is 25.8. The van der Waals surface area contributed by atoms with E-state index in [4.69, 9.17) is 27.8 Å². The lowest BCUT2D eigenvalue weighted by atomic mass is 9.88. The van der Waals surface area contributed by atoms with Crippen LogP contribution in [0, 0.1) is 12.8 Å². The van der Waals surface area contributed by atoms with E-state index in [1.165, 1.54) is 11.3 Å². The second-order valence-electron chi connectivity index (χ2n) is 11.4. The van der Waals surface area contributed by atoms with Gasteiger partial charge in [0.2, 0.25) is 5.91 Å². The average molecular weight is 619 g/mol. The van der Waals surface area contributed by atoms with Crippen LogP contribution in [0.3, 0.4) is 0 Å². The van der Waals surface area contributed by atoms with Crippen LogP contribution in [0.25, 0.3) is 0 Å². The first-order valence-electron chi connectivity index (χ1n) is 14.9. The molecule has 2 heterocycles. The van der Waals surface area contributed by atoms with Crippen LogP contribution in [-0.4, -0.2) is 53.5 Å². The molecule has 2 saturated carbocycles. The molecule has 10 nitrogen and oxygen atoms in total. The molecule has 0 spiro atoms. The number of aromatic nitrogens is 1. The Morgan fingerprint density at radius 3 is 2.69 bits per heavy atom. The minimum absolute atomic E-state index is 0.101. The number of nitrogens with one attached hydrogen (secondary N) is 3. The van der Waals surface area contributed by atoms with E-state index in [-0.39, 0.29) is 24.0 Å². The lowest BCUT2D eigenvalue weighted by Crippen LogP contribution is -2.55. The summed E-state index contributed by atoms with van der Waals surface area (Å²) in [5.41, 5.74) is 13.1. The van der Waals surface area contributed by atoms with Gasteiger partial charge >= 0.3 is 5.97 Å². The van der Waals surface area contributed by atoms with Gasteiger partial charge in [0, 0.05) is 36.5 Å². The number of unbranched alkanes of at least 4 members (excludes halogenated alkanes) is 1. The second-order valence-corrected chi connectivity index (χ2v) is 13.0. The van der Waals surface area contributed by atoms with Crippen LogP contribution in [-0.2, 0) is 20.9 Å². The number of nitrogens with zero attached hydrogens (tertiary/aromatic N) is 1. The molecule has 2 aliphatic carbocycles. The Kier molecular flexibility index (Phi) is 12.0. The maximum Gasteiger partial charge on any atom is 0.323 e. The third-order valence-corrected chi connectivity index (χ3v) is 9.34. The molecule has 0 bridgehead atoms. The molecule has 4 rings (SSSR count). The van der Waals surface area contributed by atoms with Crippen LogP contribution in [0.2, 0.25) is 5.02 Å². The topological polar surface area (TPSA) is 161 Å². The van der Waals surface area contributed by atoms with Gasteiger partial charge in [0.15, 0.2) is 0 Å². The summed E-state index contributed by atoms with van der Waals surface area (Å²) in [6.45, 7) is 3.00. The highest BCUT2D eigenvalue weighted by Crippen LogP contribution is 2.30. The highest BCUT2D eigenvalue weighted by molar-refractivity contribution is 7.14. The first kappa shape index (κ1) is 32.2. The summed E-state index contributed by atoms with van der Waals surface area (Å²) in [5, 5.41) is 9.94. The quantitative estimate of drug-likeness (QED) is 0.148. The Labute approximate surface area is 256 Å². The van der Waals surface area contributed by atoms with Gasteiger partial charge in [0.1, 0.15) is 18.2 Å². The van der Waals surface area contributed by atoms with Gasteiger partial charge in [-0.3, -0.25) is 19.4 Å². The SMILES string of the molecule is Cc1ncc(Cl)cc1NCc1ccc(C(=O)N[C@@H](CC2CCCC2)C(=O)NC2CC(OC(=O)[C@@H](N)CCCCN)C2)s1. The third-order valence-electron chi connectivity index (χ3n) is 8.05. The highest BCUT2D eigenvalue weighted by Gasteiger charge is 2.36. The number of esters is 1. The smallest absolute Gasteiger partial charge is 0.323 e. The molecule has 2 fully saturated rings. The first-order valence-corrected chi connectivity index (χ1v) is 16.1. The van der Waals surface area contributed by atoms with Gasteiger partial charge in [0.25, 0.3) is 5.91 Å². The molecule has 0 unspecified atom stereocenters. The molecular weight excluding hydrogens is 576 g/mol. The summed E-state index contributed by atoms with van der Waals surface area (Å²) in [4.78, 5) is 44.6. The van der Waals surface area contributed by atoms with Crippen molar-refractivity contribution in [2.75, 3.05) is 11.9 Å². The lowest BCUT2D eigenvalue weighted by molar-refractivity contribution is -0.156. The van der Waals surface area contributed by atoms with E-state index in [0.29, 0.717) is 54.6 Å². The van der Waals surface area contributed by atoms with Gasteiger partial charge < -0.3 is 32.2 Å². The number of nitrogens with two attached hydrogens (primary N) is 2. The molecule has 2 aromatic rings. The Morgan fingerprint density at radius 1 is 1.19 bits per heavy atom. The number of halogens is 1. The van der Waals surface area contributed by atoms with Gasteiger partial charge in [0.05, 0.1) is 21.3 Å². The molecule has 2 aliphatic rings. The predicted molar refractivity (Wildman–Crippen MR) is 165 cm³/mol. The molecule has 2 amide bonds. The minimum atomic E-state index is -0.650. The Hall–Kier alpha value is -2.73. The van der Waals surface area contributed by atoms with E-state index in [2.05, 4.69) is 20.9 Å². The zero-order chi connectivity index (χ0) is 30.1. The van der Waals surface area contributed by atoms with E-state index < -0.39 is 18.1 Å². The normalized spacial score (nSPS) is 19.9. The van der Waals surface area contributed by atoms with Crippen LogP contribution in [0.4, 0.5) is 5.69 Å². The maximum absolute atomic E-state index is 13.3. The van der Waals surface area contributed by atoms with E-state index in [0.717, 1.165) is 54.8 Å². The van der Waals surface area contributed by atoms with Gasteiger partial charge in [-0.05, 0) is 56.8 Å². The molecule has 0 saturated heterocycles. The van der Waals surface area contributed by atoms with Crippen molar-refractivity contribution in [2.45, 2.75) is 102 Å². The number of thiophene rings is 1. The van der Waals surface area contributed by atoms with Gasteiger partial charge in [-0.25, -0.2) is 0 Å². The van der Waals surface area contributed by atoms with Gasteiger partial charge in [-0.2, -0.15) is 0 Å². The van der Waals surface area contributed by atoms with Crippen molar-refractivity contribution < 1.29 is 19.1 Å². The fourth-order valence-electron chi connectivity index (χ4n) is 5.46. The van der Waals surface area contributed by atoms with Crippen molar-refractivity contribution in [3.05, 3.63) is 44.9 Å². The molecule has 0 radical (unpaired) electrons. The summed E-state index contributed by atoms with van der Waals surface area (Å²) in [6, 6.07) is 4.15. The number of hydrogen-bond acceptors (Lipinski definition) is 9. The number of anilines is 1. The number of pyridine rings is 1. The van der Waals surface area contributed by atoms with Crippen LogP contribution >= 0.6 is 22.9 Å². The zero-order valence-electron chi connectivity index (χ0n) is 24.2.